The highest BCUT2D eigenvalue weighted by atomic mass is 28.2. The fourth-order valence-electron chi connectivity index (χ4n) is 2.01. The molecule has 0 rings (SSSR count). The van der Waals surface area contributed by atoms with E-state index in [2.05, 4.69) is 13.8 Å². The molecule has 4 heteroatoms. The maximum atomic E-state index is 6.22. The lowest BCUT2D eigenvalue weighted by molar-refractivity contribution is 0.0523. The first kappa shape index (κ1) is 16.1. The van der Waals surface area contributed by atoms with Crippen molar-refractivity contribution in [2.24, 2.45) is 11.5 Å². The Balaban J connectivity index is 3.90. The zero-order chi connectivity index (χ0) is 12.3. The number of hydrogen-bond acceptors (Lipinski definition) is 3. The largest absolute Gasteiger partial charge is 0.419 e. The molecule has 16 heavy (non-hydrogen) atoms. The number of rotatable bonds is 11. The molecule has 4 N–H and O–H groups in total. The highest BCUT2D eigenvalue weighted by molar-refractivity contribution is 6.27. The second-order valence-corrected chi connectivity index (χ2v) is 5.88. The summed E-state index contributed by atoms with van der Waals surface area (Å²) in [4.78, 5) is 0. The highest BCUT2D eigenvalue weighted by Gasteiger charge is 2.25. The van der Waals surface area contributed by atoms with Crippen LogP contribution in [-0.4, -0.2) is 28.5 Å². The Labute approximate surface area is 103 Å². The molecule has 0 aliphatic carbocycles. The van der Waals surface area contributed by atoms with Gasteiger partial charge in [0.25, 0.3) is 0 Å². The van der Waals surface area contributed by atoms with Crippen molar-refractivity contribution in [3.8, 4) is 0 Å². The number of nitrogens with two attached hydrogens (primary N) is 2. The summed E-state index contributed by atoms with van der Waals surface area (Å²) in [5.41, 5.74) is 11.2. The fraction of sp³-hybridized carbons (Fsp3) is 1.00. The molecule has 0 aliphatic rings. The lowest BCUT2D eigenvalue weighted by atomic mass is 9.91. The van der Waals surface area contributed by atoms with Gasteiger partial charge in [0.1, 0.15) is 0 Å². The first-order chi connectivity index (χ1) is 7.74. The van der Waals surface area contributed by atoms with Gasteiger partial charge < -0.3 is 15.9 Å². The Kier molecular flexibility index (Phi) is 10.3. The lowest BCUT2D eigenvalue weighted by Gasteiger charge is -2.33. The fourth-order valence-corrected chi connectivity index (χ4v) is 3.63. The van der Waals surface area contributed by atoms with E-state index in [0.29, 0.717) is 0 Å². The minimum absolute atomic E-state index is 0.149. The van der Waals surface area contributed by atoms with Gasteiger partial charge in [0.15, 0.2) is 9.76 Å². The molecule has 0 saturated carbocycles. The molecular weight excluding hydrogens is 216 g/mol. The average Bonchev–Trinajstić information content (AvgIpc) is 2.33. The van der Waals surface area contributed by atoms with E-state index in [0.717, 1.165) is 38.8 Å². The molecule has 0 aromatic rings. The van der Waals surface area contributed by atoms with Crippen molar-refractivity contribution in [2.45, 2.75) is 64.0 Å². The summed E-state index contributed by atoms with van der Waals surface area (Å²) in [5.74, 6) is 0. The van der Waals surface area contributed by atoms with Gasteiger partial charge in [0, 0.05) is 0 Å². The highest BCUT2D eigenvalue weighted by Crippen LogP contribution is 2.26. The van der Waals surface area contributed by atoms with E-state index >= 15 is 0 Å². The van der Waals surface area contributed by atoms with Crippen LogP contribution in [0.5, 0.6) is 0 Å². The van der Waals surface area contributed by atoms with Crippen molar-refractivity contribution < 1.29 is 4.43 Å². The van der Waals surface area contributed by atoms with Gasteiger partial charge in [0.05, 0.1) is 5.60 Å². The zero-order valence-corrected chi connectivity index (χ0v) is 12.5. The van der Waals surface area contributed by atoms with Crippen molar-refractivity contribution in [3.63, 3.8) is 0 Å². The first-order valence-electron chi connectivity index (χ1n) is 6.78. The number of hydrogen-bond donors (Lipinski definition) is 2. The van der Waals surface area contributed by atoms with E-state index < -0.39 is 0 Å². The van der Waals surface area contributed by atoms with Crippen LogP contribution in [-0.2, 0) is 4.43 Å². The minimum Gasteiger partial charge on any atom is -0.419 e. The molecule has 0 saturated heterocycles. The predicted molar refractivity (Wildman–Crippen MR) is 74.3 cm³/mol. The third-order valence-corrected chi connectivity index (χ3v) is 4.99. The Hall–Kier alpha value is 0.0969. The maximum absolute atomic E-state index is 6.22. The quantitative estimate of drug-likeness (QED) is 0.429. The molecule has 0 atom stereocenters. The van der Waals surface area contributed by atoms with Crippen molar-refractivity contribution in [2.75, 3.05) is 13.1 Å². The molecule has 0 heterocycles. The molecule has 0 aromatic carbocycles. The van der Waals surface area contributed by atoms with Gasteiger partial charge in [-0.25, -0.2) is 0 Å². The summed E-state index contributed by atoms with van der Waals surface area (Å²) in [6.45, 7) is 6.08. The topological polar surface area (TPSA) is 61.3 Å². The molecule has 0 unspecified atom stereocenters. The van der Waals surface area contributed by atoms with E-state index in [9.17, 15) is 0 Å². The molecule has 3 nitrogen and oxygen atoms in total. The van der Waals surface area contributed by atoms with Crippen LogP contribution in [0.3, 0.4) is 0 Å². The van der Waals surface area contributed by atoms with E-state index in [1.807, 2.05) is 0 Å². The van der Waals surface area contributed by atoms with E-state index in [1.165, 1.54) is 18.9 Å². The van der Waals surface area contributed by atoms with Gasteiger partial charge in [-0.15, -0.1) is 0 Å². The Bertz CT molecular complexity index is 152. The van der Waals surface area contributed by atoms with Crippen LogP contribution in [0.2, 0.25) is 6.04 Å². The van der Waals surface area contributed by atoms with Crippen LogP contribution in [0.1, 0.15) is 52.4 Å². The second kappa shape index (κ2) is 10.3. The third-order valence-electron chi connectivity index (χ3n) is 3.38. The zero-order valence-electron chi connectivity index (χ0n) is 11.1. The summed E-state index contributed by atoms with van der Waals surface area (Å²) in [6, 6.07) is 1.22. The van der Waals surface area contributed by atoms with Crippen molar-refractivity contribution in [1.82, 2.24) is 0 Å². The molecule has 0 spiro atoms. The normalized spacial score (nSPS) is 12.8. The van der Waals surface area contributed by atoms with Gasteiger partial charge >= 0.3 is 0 Å². The number of unbranched alkanes of at least 4 members (excludes halogenated alkanes) is 1. The average molecular weight is 246 g/mol. The predicted octanol–water partition coefficient (Wildman–Crippen LogP) is 1.54. The van der Waals surface area contributed by atoms with Crippen LogP contribution in [0, 0.1) is 0 Å². The van der Waals surface area contributed by atoms with Crippen LogP contribution in [0.4, 0.5) is 0 Å². The lowest BCUT2D eigenvalue weighted by Crippen LogP contribution is -2.33. The van der Waals surface area contributed by atoms with E-state index in [4.69, 9.17) is 15.9 Å². The van der Waals surface area contributed by atoms with Crippen molar-refractivity contribution in [3.05, 3.63) is 0 Å². The van der Waals surface area contributed by atoms with Gasteiger partial charge in [-0.2, -0.15) is 0 Å². The third kappa shape index (κ3) is 6.63. The minimum atomic E-state index is -0.371. The molecule has 0 amide bonds. The smallest absolute Gasteiger partial charge is 0.162 e. The summed E-state index contributed by atoms with van der Waals surface area (Å²) in [5, 5.41) is 0. The SMILES string of the molecule is CCC(CC)(CCCCN)O[SiH2]CCCN. The van der Waals surface area contributed by atoms with Gasteiger partial charge in [0.2, 0.25) is 0 Å². The van der Waals surface area contributed by atoms with Crippen LogP contribution < -0.4 is 11.5 Å². The molecule has 98 valence electrons. The van der Waals surface area contributed by atoms with E-state index in [1.54, 1.807) is 0 Å². The summed E-state index contributed by atoms with van der Waals surface area (Å²) in [6.07, 6.45) is 6.87. The van der Waals surface area contributed by atoms with Crippen LogP contribution in [0.25, 0.3) is 0 Å². The Morgan fingerprint density at radius 1 is 1.00 bits per heavy atom. The van der Waals surface area contributed by atoms with Gasteiger partial charge in [-0.1, -0.05) is 13.8 Å². The monoisotopic (exact) mass is 246 g/mol. The van der Waals surface area contributed by atoms with Crippen LogP contribution >= 0.6 is 0 Å². The molecule has 0 fully saturated rings. The Morgan fingerprint density at radius 2 is 1.62 bits per heavy atom. The second-order valence-electron chi connectivity index (χ2n) is 4.48. The molecule has 0 aromatic heterocycles. The first-order valence-corrected chi connectivity index (χ1v) is 8.36. The van der Waals surface area contributed by atoms with E-state index in [-0.39, 0.29) is 15.4 Å². The van der Waals surface area contributed by atoms with Crippen molar-refractivity contribution in [1.29, 1.82) is 0 Å². The van der Waals surface area contributed by atoms with Crippen LogP contribution in [0.15, 0.2) is 0 Å². The summed E-state index contributed by atoms with van der Waals surface area (Å²) in [7, 11) is -0.371. The standard InChI is InChI=1S/C12H30N2OSi/c1-3-12(4-2,8-5-6-9-13)15-16-11-7-10-14/h3-11,13-14,16H2,1-2H3. The molecule has 0 bridgehead atoms. The van der Waals surface area contributed by atoms with Gasteiger partial charge in [-0.3, -0.25) is 0 Å². The Morgan fingerprint density at radius 3 is 2.12 bits per heavy atom. The molecule has 0 radical (unpaired) electrons. The molecule has 0 aliphatic heterocycles. The molecular formula is C12H30N2OSi. The summed E-state index contributed by atoms with van der Waals surface area (Å²) < 4.78 is 6.22. The maximum Gasteiger partial charge on any atom is 0.162 e. The summed E-state index contributed by atoms with van der Waals surface area (Å²) >= 11 is 0. The van der Waals surface area contributed by atoms with Crippen molar-refractivity contribution >= 4 is 9.76 Å². The van der Waals surface area contributed by atoms with Gasteiger partial charge in [-0.05, 0) is 57.7 Å².